The molecule has 0 atom stereocenters. The molecule has 0 unspecified atom stereocenters. The summed E-state index contributed by atoms with van der Waals surface area (Å²) in [5.41, 5.74) is 2.62. The summed E-state index contributed by atoms with van der Waals surface area (Å²) in [5, 5.41) is 16.1. The van der Waals surface area contributed by atoms with Gasteiger partial charge in [-0.25, -0.2) is 4.79 Å². The number of benzene rings is 1. The number of aromatic nitrogens is 3. The van der Waals surface area contributed by atoms with Crippen LogP contribution >= 0.6 is 11.8 Å². The van der Waals surface area contributed by atoms with E-state index in [-0.39, 0.29) is 5.69 Å². The average molecular weight is 277 g/mol. The SMILES string of the molecule is Cc1ccccc1CSCCn1cc(C(=O)O)nn1. The Labute approximate surface area is 115 Å². The maximum Gasteiger partial charge on any atom is 0.358 e. The number of aromatic carboxylic acids is 1. The number of carboxylic acids is 1. The molecule has 2 aromatic rings. The van der Waals surface area contributed by atoms with E-state index in [1.165, 1.54) is 17.3 Å². The molecule has 1 N–H and O–H groups in total. The zero-order chi connectivity index (χ0) is 13.7. The fourth-order valence-corrected chi connectivity index (χ4v) is 2.62. The van der Waals surface area contributed by atoms with Gasteiger partial charge in [0.25, 0.3) is 0 Å². The molecule has 1 heterocycles. The first-order chi connectivity index (χ1) is 9.16. The van der Waals surface area contributed by atoms with Crippen LogP contribution < -0.4 is 0 Å². The highest BCUT2D eigenvalue weighted by molar-refractivity contribution is 7.98. The summed E-state index contributed by atoms with van der Waals surface area (Å²) in [5.74, 6) is 0.781. The van der Waals surface area contributed by atoms with Crippen molar-refractivity contribution in [2.75, 3.05) is 5.75 Å². The van der Waals surface area contributed by atoms with Crippen LogP contribution in [0, 0.1) is 6.92 Å². The lowest BCUT2D eigenvalue weighted by Crippen LogP contribution is -2.01. The molecule has 6 heteroatoms. The zero-order valence-corrected chi connectivity index (χ0v) is 11.4. The van der Waals surface area contributed by atoms with E-state index in [9.17, 15) is 4.79 Å². The van der Waals surface area contributed by atoms with E-state index in [0.717, 1.165) is 11.5 Å². The first-order valence-corrected chi connectivity index (χ1v) is 7.08. The molecule has 0 radical (unpaired) electrons. The summed E-state index contributed by atoms with van der Waals surface area (Å²) in [6.45, 7) is 2.77. The highest BCUT2D eigenvalue weighted by atomic mass is 32.2. The van der Waals surface area contributed by atoms with Gasteiger partial charge in [0.1, 0.15) is 0 Å². The van der Waals surface area contributed by atoms with Gasteiger partial charge in [-0.2, -0.15) is 11.8 Å². The van der Waals surface area contributed by atoms with Gasteiger partial charge >= 0.3 is 5.97 Å². The molecule has 0 aliphatic carbocycles. The number of carbonyl (C=O) groups is 1. The summed E-state index contributed by atoms with van der Waals surface area (Å²) in [7, 11) is 0. The second kappa shape index (κ2) is 6.38. The zero-order valence-electron chi connectivity index (χ0n) is 10.6. The van der Waals surface area contributed by atoms with Crippen molar-refractivity contribution in [3.05, 3.63) is 47.3 Å². The maximum atomic E-state index is 10.6. The molecule has 2 rings (SSSR count). The summed E-state index contributed by atoms with van der Waals surface area (Å²) >= 11 is 1.80. The average Bonchev–Trinajstić information content (AvgIpc) is 2.85. The number of carboxylic acid groups (broad SMARTS) is 1. The van der Waals surface area contributed by atoms with E-state index in [4.69, 9.17) is 5.11 Å². The van der Waals surface area contributed by atoms with Crippen molar-refractivity contribution in [3.63, 3.8) is 0 Å². The predicted octanol–water partition coefficient (Wildman–Crippen LogP) is 2.22. The van der Waals surface area contributed by atoms with E-state index in [1.54, 1.807) is 16.4 Å². The third-order valence-electron chi connectivity index (χ3n) is 2.74. The van der Waals surface area contributed by atoms with Crippen molar-refractivity contribution in [2.24, 2.45) is 0 Å². The molecule has 5 nitrogen and oxygen atoms in total. The number of thioether (sulfide) groups is 1. The fraction of sp³-hybridized carbons (Fsp3) is 0.308. The van der Waals surface area contributed by atoms with Crippen molar-refractivity contribution in [2.45, 2.75) is 19.2 Å². The van der Waals surface area contributed by atoms with Crippen molar-refractivity contribution in [1.29, 1.82) is 0 Å². The van der Waals surface area contributed by atoms with Crippen molar-refractivity contribution < 1.29 is 9.90 Å². The number of aryl methyl sites for hydroxylation is 2. The Balaban J connectivity index is 1.77. The van der Waals surface area contributed by atoms with Gasteiger partial charge < -0.3 is 5.11 Å². The lowest BCUT2D eigenvalue weighted by molar-refractivity contribution is 0.0690. The number of hydrogen-bond acceptors (Lipinski definition) is 4. The Morgan fingerprint density at radius 3 is 2.89 bits per heavy atom. The van der Waals surface area contributed by atoms with Gasteiger partial charge in [0.2, 0.25) is 0 Å². The van der Waals surface area contributed by atoms with Crippen LogP contribution in [-0.2, 0) is 12.3 Å². The molecule has 0 amide bonds. The summed E-state index contributed by atoms with van der Waals surface area (Å²) < 4.78 is 1.56. The number of nitrogens with zero attached hydrogens (tertiary/aromatic N) is 3. The molecule has 100 valence electrons. The summed E-state index contributed by atoms with van der Waals surface area (Å²) in [6.07, 6.45) is 1.46. The molecular formula is C13H15N3O2S. The minimum atomic E-state index is -1.04. The highest BCUT2D eigenvalue weighted by Crippen LogP contribution is 2.15. The van der Waals surface area contributed by atoms with E-state index < -0.39 is 5.97 Å². The van der Waals surface area contributed by atoms with Crippen molar-refractivity contribution in [3.8, 4) is 0 Å². The number of rotatable bonds is 6. The van der Waals surface area contributed by atoms with Crippen LogP contribution in [0.2, 0.25) is 0 Å². The van der Waals surface area contributed by atoms with Gasteiger partial charge in [-0.3, -0.25) is 4.68 Å². The molecule has 0 aliphatic rings. The second-order valence-electron chi connectivity index (χ2n) is 4.15. The van der Waals surface area contributed by atoms with Crippen LogP contribution in [0.3, 0.4) is 0 Å². The first-order valence-electron chi connectivity index (χ1n) is 5.92. The van der Waals surface area contributed by atoms with E-state index >= 15 is 0 Å². The molecule has 0 bridgehead atoms. The van der Waals surface area contributed by atoms with Gasteiger partial charge in [-0.15, -0.1) is 5.10 Å². The molecule has 0 fully saturated rings. The Kier molecular flexibility index (Phi) is 4.57. The van der Waals surface area contributed by atoms with Gasteiger partial charge in [0, 0.05) is 11.5 Å². The normalized spacial score (nSPS) is 10.6. The quantitative estimate of drug-likeness (QED) is 0.820. The van der Waals surface area contributed by atoms with Crippen molar-refractivity contribution >= 4 is 17.7 Å². The topological polar surface area (TPSA) is 68.0 Å². The monoisotopic (exact) mass is 277 g/mol. The van der Waals surface area contributed by atoms with Crippen LogP contribution in [-0.4, -0.2) is 31.8 Å². The molecular weight excluding hydrogens is 262 g/mol. The molecule has 1 aromatic carbocycles. The van der Waals surface area contributed by atoms with E-state index in [0.29, 0.717) is 6.54 Å². The standard InChI is InChI=1S/C13H15N3O2S/c1-10-4-2-3-5-11(10)9-19-7-6-16-8-12(13(17)18)14-15-16/h2-5,8H,6-7,9H2,1H3,(H,17,18). The molecule has 19 heavy (non-hydrogen) atoms. The van der Waals surface area contributed by atoms with Crippen LogP contribution in [0.5, 0.6) is 0 Å². The minimum Gasteiger partial charge on any atom is -0.476 e. The van der Waals surface area contributed by atoms with Crippen molar-refractivity contribution in [1.82, 2.24) is 15.0 Å². The van der Waals surface area contributed by atoms with Crippen LogP contribution in [0.15, 0.2) is 30.5 Å². The Morgan fingerprint density at radius 2 is 2.21 bits per heavy atom. The Bertz CT molecular complexity index is 569. The van der Waals surface area contributed by atoms with Gasteiger partial charge in [-0.05, 0) is 18.1 Å². The Hall–Kier alpha value is -1.82. The third kappa shape index (κ3) is 3.82. The fourth-order valence-electron chi connectivity index (χ4n) is 1.62. The molecule has 0 saturated heterocycles. The number of hydrogen-bond donors (Lipinski definition) is 1. The Morgan fingerprint density at radius 1 is 1.42 bits per heavy atom. The van der Waals surface area contributed by atoms with Gasteiger partial charge in [0.05, 0.1) is 12.7 Å². The molecule has 0 aliphatic heterocycles. The summed E-state index contributed by atoms with van der Waals surface area (Å²) in [4.78, 5) is 10.6. The largest absolute Gasteiger partial charge is 0.476 e. The second-order valence-corrected chi connectivity index (χ2v) is 5.26. The molecule has 0 saturated carbocycles. The molecule has 0 spiro atoms. The van der Waals surface area contributed by atoms with Crippen LogP contribution in [0.4, 0.5) is 0 Å². The lowest BCUT2D eigenvalue weighted by atomic mass is 10.1. The lowest BCUT2D eigenvalue weighted by Gasteiger charge is -2.05. The predicted molar refractivity (Wildman–Crippen MR) is 74.3 cm³/mol. The van der Waals surface area contributed by atoms with Gasteiger partial charge in [0.15, 0.2) is 5.69 Å². The minimum absolute atomic E-state index is 0.0103. The van der Waals surface area contributed by atoms with Crippen LogP contribution in [0.1, 0.15) is 21.6 Å². The highest BCUT2D eigenvalue weighted by Gasteiger charge is 2.07. The van der Waals surface area contributed by atoms with E-state index in [2.05, 4.69) is 29.4 Å². The van der Waals surface area contributed by atoms with E-state index in [1.807, 2.05) is 12.1 Å². The third-order valence-corrected chi connectivity index (χ3v) is 3.73. The van der Waals surface area contributed by atoms with Crippen LogP contribution in [0.25, 0.3) is 0 Å². The molecule has 1 aromatic heterocycles. The maximum absolute atomic E-state index is 10.6. The summed E-state index contributed by atoms with van der Waals surface area (Å²) in [6, 6.07) is 8.30. The first kappa shape index (κ1) is 13.6. The van der Waals surface area contributed by atoms with Gasteiger partial charge in [-0.1, -0.05) is 29.5 Å². The smallest absolute Gasteiger partial charge is 0.358 e.